The minimum Gasteiger partial charge on any atom is -0.490 e. The van der Waals surface area contributed by atoms with Gasteiger partial charge in [-0.15, -0.1) is 0 Å². The normalized spacial score (nSPS) is 13.9. The van der Waals surface area contributed by atoms with Crippen LogP contribution in [0.5, 0.6) is 11.5 Å². The lowest BCUT2D eigenvalue weighted by Gasteiger charge is -2.26. The zero-order chi connectivity index (χ0) is 25.5. The third-order valence-corrected chi connectivity index (χ3v) is 6.15. The molecule has 1 amide bonds. The predicted octanol–water partition coefficient (Wildman–Crippen LogP) is 3.63. The van der Waals surface area contributed by atoms with E-state index in [9.17, 15) is 9.59 Å². The third-order valence-electron chi connectivity index (χ3n) is 5.65. The molecule has 0 radical (unpaired) electrons. The van der Waals surface area contributed by atoms with E-state index in [2.05, 4.69) is 26.0 Å². The van der Waals surface area contributed by atoms with E-state index >= 15 is 0 Å². The maximum Gasteiger partial charge on any atom is 0.282 e. The molecule has 0 unspecified atom stereocenters. The van der Waals surface area contributed by atoms with Crippen LogP contribution >= 0.6 is 15.9 Å². The molecule has 1 fully saturated rings. The molecule has 0 aliphatic carbocycles. The van der Waals surface area contributed by atoms with Crippen LogP contribution in [0.25, 0.3) is 10.9 Å². The van der Waals surface area contributed by atoms with Gasteiger partial charge >= 0.3 is 0 Å². The first-order valence-electron chi connectivity index (χ1n) is 12.0. The summed E-state index contributed by atoms with van der Waals surface area (Å²) >= 11 is 3.42. The molecule has 36 heavy (non-hydrogen) atoms. The Morgan fingerprint density at radius 3 is 2.69 bits per heavy atom. The molecule has 10 heteroatoms. The van der Waals surface area contributed by atoms with Crippen LogP contribution < -0.4 is 15.0 Å². The molecular formula is C26H29BrN4O5. The fourth-order valence-electron chi connectivity index (χ4n) is 3.86. The van der Waals surface area contributed by atoms with Gasteiger partial charge in [-0.3, -0.25) is 9.59 Å². The molecule has 1 aliphatic rings. The van der Waals surface area contributed by atoms with E-state index in [1.54, 1.807) is 35.4 Å². The number of hydrogen-bond acceptors (Lipinski definition) is 7. The molecule has 0 saturated carbocycles. The quantitative estimate of drug-likeness (QED) is 0.373. The Hall–Kier alpha value is -3.24. The van der Waals surface area contributed by atoms with Crippen molar-refractivity contribution in [3.05, 3.63) is 62.6 Å². The minimum absolute atomic E-state index is 0.0817. The van der Waals surface area contributed by atoms with E-state index in [0.717, 1.165) is 10.9 Å². The van der Waals surface area contributed by atoms with Crippen LogP contribution in [0.4, 0.5) is 0 Å². The second kappa shape index (κ2) is 12.1. The van der Waals surface area contributed by atoms with Crippen LogP contribution in [-0.2, 0) is 16.0 Å². The lowest BCUT2D eigenvalue weighted by Crippen LogP contribution is -2.43. The van der Waals surface area contributed by atoms with Gasteiger partial charge in [-0.1, -0.05) is 22.9 Å². The van der Waals surface area contributed by atoms with Crippen LogP contribution in [0, 0.1) is 0 Å². The second-order valence-corrected chi connectivity index (χ2v) is 9.14. The van der Waals surface area contributed by atoms with Crippen LogP contribution in [0.2, 0.25) is 0 Å². The number of amides is 1. The van der Waals surface area contributed by atoms with Crippen molar-refractivity contribution >= 4 is 39.0 Å². The molecule has 1 saturated heterocycles. The smallest absolute Gasteiger partial charge is 0.282 e. The van der Waals surface area contributed by atoms with Crippen LogP contribution in [0.1, 0.15) is 31.7 Å². The highest BCUT2D eigenvalue weighted by molar-refractivity contribution is 9.10. The number of fused-ring (bicyclic) bond motifs is 1. The van der Waals surface area contributed by atoms with Crippen molar-refractivity contribution in [1.29, 1.82) is 0 Å². The summed E-state index contributed by atoms with van der Waals surface area (Å²) in [6.45, 7) is 6.46. The Morgan fingerprint density at radius 1 is 1.14 bits per heavy atom. The monoisotopic (exact) mass is 556 g/mol. The number of carbonyl (C=O) groups excluding carboxylic acids is 1. The number of nitrogens with zero attached hydrogens (tertiary/aromatic N) is 4. The van der Waals surface area contributed by atoms with Crippen molar-refractivity contribution in [2.24, 2.45) is 5.10 Å². The topological polar surface area (TPSA) is 95.3 Å². The molecule has 1 aromatic heterocycles. The van der Waals surface area contributed by atoms with Gasteiger partial charge in [0, 0.05) is 24.0 Å². The van der Waals surface area contributed by atoms with Crippen molar-refractivity contribution < 1.29 is 19.0 Å². The van der Waals surface area contributed by atoms with Gasteiger partial charge in [0.15, 0.2) is 18.1 Å². The Labute approximate surface area is 217 Å². The highest BCUT2D eigenvalue weighted by Gasteiger charge is 2.18. The molecule has 0 atom stereocenters. The largest absolute Gasteiger partial charge is 0.490 e. The summed E-state index contributed by atoms with van der Waals surface area (Å²) in [6, 6.07) is 10.8. The van der Waals surface area contributed by atoms with Gasteiger partial charge < -0.3 is 19.1 Å². The summed E-state index contributed by atoms with van der Waals surface area (Å²) in [5, 5.41) is 4.96. The van der Waals surface area contributed by atoms with Crippen molar-refractivity contribution in [2.75, 3.05) is 39.5 Å². The maximum absolute atomic E-state index is 13.2. The highest BCUT2D eigenvalue weighted by Crippen LogP contribution is 2.28. The van der Waals surface area contributed by atoms with Gasteiger partial charge in [-0.25, -0.2) is 4.98 Å². The summed E-state index contributed by atoms with van der Waals surface area (Å²) < 4.78 is 19.0. The lowest BCUT2D eigenvalue weighted by molar-refractivity contribution is -0.137. The van der Waals surface area contributed by atoms with Gasteiger partial charge in [0.05, 0.1) is 36.9 Å². The maximum atomic E-state index is 13.2. The Morgan fingerprint density at radius 2 is 1.94 bits per heavy atom. The molecular weight excluding hydrogens is 528 g/mol. The van der Waals surface area contributed by atoms with Crippen molar-refractivity contribution in [3.63, 3.8) is 0 Å². The van der Waals surface area contributed by atoms with Crippen LogP contribution in [0.3, 0.4) is 0 Å². The number of aromatic nitrogens is 2. The van der Waals surface area contributed by atoms with E-state index < -0.39 is 0 Å². The number of ether oxygens (including phenoxy) is 3. The summed E-state index contributed by atoms with van der Waals surface area (Å²) in [7, 11) is 0. The summed E-state index contributed by atoms with van der Waals surface area (Å²) in [6.07, 6.45) is 3.04. The Kier molecular flexibility index (Phi) is 8.71. The minimum atomic E-state index is -0.229. The van der Waals surface area contributed by atoms with E-state index in [1.165, 1.54) is 4.68 Å². The van der Waals surface area contributed by atoms with Gasteiger partial charge in [-0.05, 0) is 55.3 Å². The summed E-state index contributed by atoms with van der Waals surface area (Å²) in [4.78, 5) is 32.0. The van der Waals surface area contributed by atoms with Crippen LogP contribution in [0.15, 0.2) is 50.8 Å². The van der Waals surface area contributed by atoms with Gasteiger partial charge in [0.25, 0.3) is 11.5 Å². The van der Waals surface area contributed by atoms with E-state index in [4.69, 9.17) is 14.2 Å². The van der Waals surface area contributed by atoms with Gasteiger partial charge in [-0.2, -0.15) is 9.78 Å². The first-order valence-corrected chi connectivity index (χ1v) is 12.8. The third kappa shape index (κ3) is 6.11. The lowest BCUT2D eigenvalue weighted by atomic mass is 10.2. The molecule has 2 heterocycles. The number of rotatable bonds is 9. The first kappa shape index (κ1) is 25.8. The fraction of sp³-hybridized carbons (Fsp3) is 0.385. The Bertz CT molecular complexity index is 1320. The molecule has 0 spiro atoms. The van der Waals surface area contributed by atoms with Crippen molar-refractivity contribution in [2.45, 2.75) is 26.7 Å². The average molecular weight is 557 g/mol. The zero-order valence-electron chi connectivity index (χ0n) is 20.4. The van der Waals surface area contributed by atoms with Crippen molar-refractivity contribution in [3.8, 4) is 11.5 Å². The number of benzene rings is 2. The Balaban J connectivity index is 1.58. The predicted molar refractivity (Wildman–Crippen MR) is 141 cm³/mol. The van der Waals surface area contributed by atoms with E-state index in [-0.39, 0.29) is 18.1 Å². The summed E-state index contributed by atoms with van der Waals surface area (Å²) in [5.41, 5.74) is 1.13. The molecule has 9 nitrogen and oxygen atoms in total. The standard InChI is InChI=1S/C26H29BrN4O5/c1-3-5-24-29-21-8-7-19(27)15-20(21)26(33)31(24)28-16-18-6-9-22(23(14-18)35-4-2)36-17-25(32)30-10-12-34-13-11-30/h6-9,14-16H,3-5,10-13,17H2,1-2H3. The SMILES string of the molecule is CCCc1nc2ccc(Br)cc2c(=O)n1N=Cc1ccc(OCC(=O)N2CCOCC2)c(OCC)c1. The number of halogens is 1. The van der Waals surface area contributed by atoms with E-state index in [0.29, 0.717) is 73.1 Å². The molecule has 2 aromatic carbocycles. The van der Waals surface area contributed by atoms with Gasteiger partial charge in [0.1, 0.15) is 5.82 Å². The second-order valence-electron chi connectivity index (χ2n) is 8.22. The number of hydrogen-bond donors (Lipinski definition) is 0. The molecule has 4 rings (SSSR count). The number of carbonyl (C=O) groups is 1. The van der Waals surface area contributed by atoms with Gasteiger partial charge in [0.2, 0.25) is 0 Å². The molecule has 0 N–H and O–H groups in total. The number of morpholine rings is 1. The first-order chi connectivity index (χ1) is 17.5. The molecule has 190 valence electrons. The fourth-order valence-corrected chi connectivity index (χ4v) is 4.22. The summed E-state index contributed by atoms with van der Waals surface area (Å²) in [5.74, 6) is 1.47. The highest BCUT2D eigenvalue weighted by atomic mass is 79.9. The number of aryl methyl sites for hydroxylation is 1. The molecule has 3 aromatic rings. The van der Waals surface area contributed by atoms with Crippen molar-refractivity contribution in [1.82, 2.24) is 14.6 Å². The van der Waals surface area contributed by atoms with E-state index in [1.807, 2.05) is 26.0 Å². The average Bonchev–Trinajstić information content (AvgIpc) is 2.89. The molecule has 1 aliphatic heterocycles. The zero-order valence-corrected chi connectivity index (χ0v) is 22.0. The van der Waals surface area contributed by atoms with Crippen LogP contribution in [-0.4, -0.2) is 66.2 Å². The molecule has 0 bridgehead atoms.